The van der Waals surface area contributed by atoms with Crippen LogP contribution in [-0.2, 0) is 9.53 Å². The Morgan fingerprint density at radius 1 is 1.28 bits per heavy atom. The van der Waals surface area contributed by atoms with Crippen LogP contribution in [0.25, 0.3) is 0 Å². The first-order valence-electron chi connectivity index (χ1n) is 8.69. The fourth-order valence-electron chi connectivity index (χ4n) is 3.05. The zero-order valence-corrected chi connectivity index (χ0v) is 15.0. The summed E-state index contributed by atoms with van der Waals surface area (Å²) >= 11 is 0. The molecular formula is C17H16F2N6O4. The first-order chi connectivity index (χ1) is 14.0. The first-order valence-corrected chi connectivity index (χ1v) is 8.69. The molecule has 2 aliphatic heterocycles. The summed E-state index contributed by atoms with van der Waals surface area (Å²) in [5.41, 5.74) is -0.263. The molecular weight excluding hydrogens is 390 g/mol. The molecule has 0 spiro atoms. The second kappa shape index (κ2) is 7.73. The quantitative estimate of drug-likeness (QED) is 0.727. The van der Waals surface area contributed by atoms with Gasteiger partial charge < -0.3 is 19.5 Å². The largest absolute Gasteiger partial charge is 0.442 e. The zero-order chi connectivity index (χ0) is 20.4. The van der Waals surface area contributed by atoms with E-state index in [0.717, 1.165) is 22.0 Å². The standard InChI is InChI=1S/C17H16F2N6O4/c18-13-5-11(6-14(19)16(13)23-2-3-24(10-26)21-9-23)25-8-12(29-17(25)27)7-20-15-1-4-28-22-15/h1,4-6,9-10,12H,2-3,7-8H2,(H,20,22)/t12-/m0/s1. The molecule has 2 aliphatic rings. The third-order valence-corrected chi connectivity index (χ3v) is 4.45. The summed E-state index contributed by atoms with van der Waals surface area (Å²) in [7, 11) is 0. The number of carbonyl (C=O) groups is 2. The van der Waals surface area contributed by atoms with Crippen molar-refractivity contribution in [3.63, 3.8) is 0 Å². The summed E-state index contributed by atoms with van der Waals surface area (Å²) in [5, 5.41) is 11.5. The lowest BCUT2D eigenvalue weighted by Gasteiger charge is -2.27. The number of cyclic esters (lactones) is 1. The molecule has 1 N–H and O–H groups in total. The smallest absolute Gasteiger partial charge is 0.414 e. The third kappa shape index (κ3) is 3.81. The Labute approximate surface area is 163 Å². The van der Waals surface area contributed by atoms with Gasteiger partial charge in [-0.2, -0.15) is 5.10 Å². The van der Waals surface area contributed by atoms with E-state index >= 15 is 0 Å². The van der Waals surface area contributed by atoms with E-state index in [1.54, 1.807) is 6.07 Å². The number of ether oxygens (including phenoxy) is 1. The Hall–Kier alpha value is -3.70. The van der Waals surface area contributed by atoms with Gasteiger partial charge in [-0.15, -0.1) is 0 Å². The Bertz CT molecular complexity index is 915. The molecule has 10 nitrogen and oxygen atoms in total. The van der Waals surface area contributed by atoms with Gasteiger partial charge in [0.1, 0.15) is 24.4 Å². The van der Waals surface area contributed by atoms with Gasteiger partial charge in [0.05, 0.1) is 25.3 Å². The average molecular weight is 406 g/mol. The SMILES string of the molecule is O=CN1CCN(c2c(F)cc(N3C[C@H](CNc4ccon4)OC3=O)cc2F)C=N1. The second-order valence-corrected chi connectivity index (χ2v) is 6.33. The normalized spacial score (nSPS) is 18.9. The van der Waals surface area contributed by atoms with E-state index in [1.165, 1.54) is 17.5 Å². The van der Waals surface area contributed by atoms with Crippen LogP contribution in [0.3, 0.4) is 0 Å². The minimum atomic E-state index is -0.858. The van der Waals surface area contributed by atoms with E-state index in [9.17, 15) is 18.4 Å². The molecule has 12 heteroatoms. The molecule has 0 saturated carbocycles. The first kappa shape index (κ1) is 18.7. The molecule has 0 radical (unpaired) electrons. The molecule has 1 atom stereocenters. The van der Waals surface area contributed by atoms with Crippen molar-refractivity contribution in [1.82, 2.24) is 10.2 Å². The number of hydrazone groups is 1. The number of nitrogens with zero attached hydrogens (tertiary/aromatic N) is 5. The van der Waals surface area contributed by atoms with Crippen molar-refractivity contribution >= 4 is 36.0 Å². The highest BCUT2D eigenvalue weighted by atomic mass is 19.1. The Morgan fingerprint density at radius 2 is 2.07 bits per heavy atom. The average Bonchev–Trinajstić information content (AvgIpc) is 3.36. The number of rotatable bonds is 6. The third-order valence-electron chi connectivity index (χ3n) is 4.45. The topological polar surface area (TPSA) is 104 Å². The predicted molar refractivity (Wildman–Crippen MR) is 97.6 cm³/mol. The van der Waals surface area contributed by atoms with E-state index in [1.807, 2.05) is 0 Å². The van der Waals surface area contributed by atoms with Crippen molar-refractivity contribution in [2.75, 3.05) is 41.3 Å². The van der Waals surface area contributed by atoms with Crippen molar-refractivity contribution in [2.45, 2.75) is 6.10 Å². The molecule has 3 heterocycles. The number of hydrogen-bond acceptors (Lipinski definition) is 8. The van der Waals surface area contributed by atoms with Gasteiger partial charge in [0.15, 0.2) is 17.5 Å². The zero-order valence-electron chi connectivity index (χ0n) is 15.0. The van der Waals surface area contributed by atoms with E-state index in [2.05, 4.69) is 15.6 Å². The van der Waals surface area contributed by atoms with E-state index in [4.69, 9.17) is 9.26 Å². The highest BCUT2D eigenvalue weighted by molar-refractivity contribution is 5.90. The van der Waals surface area contributed by atoms with Gasteiger partial charge >= 0.3 is 6.09 Å². The van der Waals surface area contributed by atoms with Crippen LogP contribution in [0.1, 0.15) is 0 Å². The van der Waals surface area contributed by atoms with Gasteiger partial charge in [-0.1, -0.05) is 5.16 Å². The van der Waals surface area contributed by atoms with Gasteiger partial charge in [0, 0.05) is 24.7 Å². The summed E-state index contributed by atoms with van der Waals surface area (Å²) in [6.07, 6.45) is 1.86. The van der Waals surface area contributed by atoms with Crippen molar-refractivity contribution in [2.24, 2.45) is 5.10 Å². The fraction of sp³-hybridized carbons (Fsp3) is 0.294. The molecule has 29 heavy (non-hydrogen) atoms. The fourth-order valence-corrected chi connectivity index (χ4v) is 3.05. The summed E-state index contributed by atoms with van der Waals surface area (Å²) < 4.78 is 39.2. The maximum atomic E-state index is 14.6. The molecule has 1 aromatic heterocycles. The number of aromatic nitrogens is 1. The molecule has 1 saturated heterocycles. The highest BCUT2D eigenvalue weighted by Gasteiger charge is 2.33. The Morgan fingerprint density at radius 3 is 2.69 bits per heavy atom. The van der Waals surface area contributed by atoms with Gasteiger partial charge in [0.25, 0.3) is 0 Å². The van der Waals surface area contributed by atoms with Crippen molar-refractivity contribution < 1.29 is 27.6 Å². The van der Waals surface area contributed by atoms with Crippen LogP contribution in [0.4, 0.5) is 30.8 Å². The summed E-state index contributed by atoms with van der Waals surface area (Å²) in [5.74, 6) is -1.23. The second-order valence-electron chi connectivity index (χ2n) is 6.33. The van der Waals surface area contributed by atoms with E-state index < -0.39 is 23.8 Å². The predicted octanol–water partition coefficient (Wildman–Crippen LogP) is 1.61. The van der Waals surface area contributed by atoms with Crippen LogP contribution < -0.4 is 15.1 Å². The van der Waals surface area contributed by atoms with Gasteiger partial charge in [-0.25, -0.2) is 18.6 Å². The summed E-state index contributed by atoms with van der Waals surface area (Å²) in [6, 6.07) is 3.73. The summed E-state index contributed by atoms with van der Waals surface area (Å²) in [4.78, 5) is 25.3. The maximum absolute atomic E-state index is 14.6. The van der Waals surface area contributed by atoms with Crippen molar-refractivity contribution in [1.29, 1.82) is 0 Å². The molecule has 1 aromatic carbocycles. The van der Waals surface area contributed by atoms with E-state index in [0.29, 0.717) is 12.2 Å². The minimum Gasteiger partial charge on any atom is -0.442 e. The van der Waals surface area contributed by atoms with Crippen LogP contribution in [0.5, 0.6) is 0 Å². The lowest BCUT2D eigenvalue weighted by Crippen LogP contribution is -2.38. The van der Waals surface area contributed by atoms with Crippen LogP contribution in [0.2, 0.25) is 0 Å². The molecule has 2 amide bonds. The molecule has 0 unspecified atom stereocenters. The number of benzene rings is 1. The van der Waals surface area contributed by atoms with Crippen LogP contribution in [0, 0.1) is 11.6 Å². The molecule has 4 rings (SSSR count). The van der Waals surface area contributed by atoms with Crippen LogP contribution in [0.15, 0.2) is 34.1 Å². The Balaban J connectivity index is 1.47. The number of anilines is 3. The van der Waals surface area contributed by atoms with Crippen molar-refractivity contribution in [3.8, 4) is 0 Å². The van der Waals surface area contributed by atoms with Gasteiger partial charge in [0.2, 0.25) is 6.41 Å². The minimum absolute atomic E-state index is 0.0427. The Kier molecular flexibility index (Phi) is 4.97. The number of hydrogen-bond donors (Lipinski definition) is 1. The number of nitrogens with one attached hydrogen (secondary N) is 1. The van der Waals surface area contributed by atoms with Crippen LogP contribution in [-0.4, -0.2) is 61.3 Å². The lowest BCUT2D eigenvalue weighted by molar-refractivity contribution is -0.118. The summed E-state index contributed by atoms with van der Waals surface area (Å²) in [6.45, 7) is 0.743. The van der Waals surface area contributed by atoms with Gasteiger partial charge in [-0.3, -0.25) is 9.69 Å². The molecule has 1 fully saturated rings. The molecule has 0 bridgehead atoms. The lowest BCUT2D eigenvalue weighted by atomic mass is 10.2. The number of halogens is 2. The van der Waals surface area contributed by atoms with Crippen molar-refractivity contribution in [3.05, 3.63) is 36.1 Å². The molecule has 152 valence electrons. The number of amides is 2. The maximum Gasteiger partial charge on any atom is 0.414 e. The monoisotopic (exact) mass is 406 g/mol. The molecule has 0 aliphatic carbocycles. The van der Waals surface area contributed by atoms with Gasteiger partial charge in [-0.05, 0) is 0 Å². The number of carbonyl (C=O) groups excluding carboxylic acids is 2. The highest BCUT2D eigenvalue weighted by Crippen LogP contribution is 2.31. The molecule has 2 aromatic rings. The van der Waals surface area contributed by atoms with Crippen LogP contribution >= 0.6 is 0 Å². The van der Waals surface area contributed by atoms with E-state index in [-0.39, 0.29) is 37.6 Å².